The molecule has 3 rings (SSSR count). The highest BCUT2D eigenvalue weighted by Gasteiger charge is 2.29. The van der Waals surface area contributed by atoms with Gasteiger partial charge in [-0.05, 0) is 45.0 Å². The highest BCUT2D eigenvalue weighted by Crippen LogP contribution is 2.35. The Labute approximate surface area is 162 Å². The smallest absolute Gasteiger partial charge is 0.207 e. The highest BCUT2D eigenvalue weighted by molar-refractivity contribution is 5.81. The second-order valence-corrected chi connectivity index (χ2v) is 7.34. The van der Waals surface area contributed by atoms with Crippen molar-refractivity contribution in [3.05, 3.63) is 48.1 Å². The molecular weight excluding hydrogens is 338 g/mol. The first kappa shape index (κ1) is 19.8. The van der Waals surface area contributed by atoms with E-state index in [1.54, 1.807) is 0 Å². The van der Waals surface area contributed by atoms with Gasteiger partial charge in [-0.1, -0.05) is 44.9 Å². The summed E-state index contributed by atoms with van der Waals surface area (Å²) in [5.41, 5.74) is 8.00. The fraction of sp³-hybridized carbons (Fsp3) is 0.545. The van der Waals surface area contributed by atoms with Crippen LogP contribution >= 0.6 is 0 Å². The first-order valence-electron chi connectivity index (χ1n) is 10.3. The minimum absolute atomic E-state index is 0.00776. The van der Waals surface area contributed by atoms with Gasteiger partial charge in [-0.2, -0.15) is 0 Å². The van der Waals surface area contributed by atoms with Gasteiger partial charge in [0.25, 0.3) is 0 Å². The summed E-state index contributed by atoms with van der Waals surface area (Å²) >= 11 is 0. The van der Waals surface area contributed by atoms with Crippen molar-refractivity contribution in [3.8, 4) is 0 Å². The number of rotatable bonds is 11. The van der Waals surface area contributed by atoms with Gasteiger partial charge in [-0.3, -0.25) is 0 Å². The normalized spacial score (nSPS) is 17.6. The van der Waals surface area contributed by atoms with E-state index in [4.69, 9.17) is 15.0 Å². The monoisotopic (exact) mass is 371 g/mol. The molecule has 0 amide bonds. The predicted molar refractivity (Wildman–Crippen MR) is 110 cm³/mol. The summed E-state index contributed by atoms with van der Waals surface area (Å²) < 4.78 is 5.72. The molecule has 0 bridgehead atoms. The fourth-order valence-corrected chi connectivity index (χ4v) is 3.67. The van der Waals surface area contributed by atoms with E-state index >= 15 is 0 Å². The van der Waals surface area contributed by atoms with E-state index in [0.29, 0.717) is 5.88 Å². The standard InChI is InChI=1S/C22H33N3O2/c1-3-5-12-24(13-6-4-2)14-9-15-25-20(16-22(23)27-25)19-17-26-21-11-8-7-10-18(19)21/h7-8,10-11,16-17,20H,3-6,9,12-15,23H2,1-2H3. The maximum atomic E-state index is 5.98. The number of hydroxylamine groups is 2. The van der Waals surface area contributed by atoms with Crippen LogP contribution in [0.4, 0.5) is 0 Å². The summed E-state index contributed by atoms with van der Waals surface area (Å²) in [5.74, 6) is 0.471. The van der Waals surface area contributed by atoms with Crippen molar-refractivity contribution in [1.29, 1.82) is 0 Å². The molecule has 27 heavy (non-hydrogen) atoms. The summed E-state index contributed by atoms with van der Waals surface area (Å²) in [6.07, 6.45) is 9.88. The zero-order valence-electron chi connectivity index (χ0n) is 16.7. The van der Waals surface area contributed by atoms with Crippen LogP contribution < -0.4 is 5.73 Å². The number of furan rings is 1. The van der Waals surface area contributed by atoms with E-state index in [1.807, 2.05) is 35.6 Å². The summed E-state index contributed by atoms with van der Waals surface area (Å²) in [5, 5.41) is 3.11. The number of para-hydroxylation sites is 1. The highest BCUT2D eigenvalue weighted by atomic mass is 16.7. The number of nitrogens with two attached hydrogens (primary N) is 1. The molecule has 1 atom stereocenters. The summed E-state index contributed by atoms with van der Waals surface area (Å²) in [7, 11) is 0. The third kappa shape index (κ3) is 5.05. The molecule has 5 nitrogen and oxygen atoms in total. The molecule has 0 saturated carbocycles. The number of unbranched alkanes of at least 4 members (excludes halogenated alkanes) is 2. The maximum absolute atomic E-state index is 5.98. The fourth-order valence-electron chi connectivity index (χ4n) is 3.67. The molecule has 0 spiro atoms. The Kier molecular flexibility index (Phi) is 7.18. The lowest BCUT2D eigenvalue weighted by molar-refractivity contribution is -0.120. The zero-order chi connectivity index (χ0) is 19.1. The van der Waals surface area contributed by atoms with E-state index in [2.05, 4.69) is 24.8 Å². The Bertz CT molecular complexity index is 732. The van der Waals surface area contributed by atoms with Crippen molar-refractivity contribution < 1.29 is 9.25 Å². The number of hydrogen-bond acceptors (Lipinski definition) is 5. The molecule has 148 valence electrons. The van der Waals surface area contributed by atoms with Crippen molar-refractivity contribution in [3.63, 3.8) is 0 Å². The number of hydrogen-bond donors (Lipinski definition) is 1. The maximum Gasteiger partial charge on any atom is 0.207 e. The second-order valence-electron chi connectivity index (χ2n) is 7.34. The van der Waals surface area contributed by atoms with Crippen molar-refractivity contribution in [2.75, 3.05) is 26.2 Å². The quantitative estimate of drug-likeness (QED) is 0.614. The first-order valence-corrected chi connectivity index (χ1v) is 10.3. The van der Waals surface area contributed by atoms with Crippen LogP contribution in [0.2, 0.25) is 0 Å². The van der Waals surface area contributed by atoms with Crippen LogP contribution in [0.15, 0.2) is 46.9 Å². The molecule has 2 heterocycles. The lowest BCUT2D eigenvalue weighted by atomic mass is 10.1. The number of fused-ring (bicyclic) bond motifs is 1. The SMILES string of the molecule is CCCCN(CCCC)CCCN1OC(N)=CC1c1coc2ccccc12. The third-order valence-electron chi connectivity index (χ3n) is 5.19. The van der Waals surface area contributed by atoms with Gasteiger partial charge in [0.1, 0.15) is 5.58 Å². The Morgan fingerprint density at radius 2 is 1.74 bits per heavy atom. The number of nitrogens with zero attached hydrogens (tertiary/aromatic N) is 2. The van der Waals surface area contributed by atoms with Gasteiger partial charge >= 0.3 is 0 Å². The van der Waals surface area contributed by atoms with Crippen molar-refractivity contribution in [1.82, 2.24) is 9.96 Å². The summed E-state index contributed by atoms with van der Waals surface area (Å²) in [6, 6.07) is 8.11. The van der Waals surface area contributed by atoms with Crippen molar-refractivity contribution >= 4 is 11.0 Å². The molecule has 0 radical (unpaired) electrons. The van der Waals surface area contributed by atoms with E-state index in [-0.39, 0.29) is 6.04 Å². The summed E-state index contributed by atoms with van der Waals surface area (Å²) in [6.45, 7) is 8.82. The van der Waals surface area contributed by atoms with E-state index in [9.17, 15) is 0 Å². The topological polar surface area (TPSA) is 54.9 Å². The molecule has 1 aromatic carbocycles. The minimum atomic E-state index is 0.00776. The summed E-state index contributed by atoms with van der Waals surface area (Å²) in [4.78, 5) is 8.39. The lowest BCUT2D eigenvalue weighted by Gasteiger charge is -2.25. The molecule has 0 aliphatic carbocycles. The van der Waals surface area contributed by atoms with Crippen LogP contribution in [0.25, 0.3) is 11.0 Å². The van der Waals surface area contributed by atoms with Crippen LogP contribution in [0.5, 0.6) is 0 Å². The van der Waals surface area contributed by atoms with Gasteiger partial charge in [0.05, 0.1) is 12.3 Å². The van der Waals surface area contributed by atoms with Crippen LogP contribution in [-0.4, -0.2) is 36.1 Å². The van der Waals surface area contributed by atoms with E-state index in [1.165, 1.54) is 38.8 Å². The number of benzene rings is 1. The Hall–Kier alpha value is -1.98. The Morgan fingerprint density at radius 3 is 2.48 bits per heavy atom. The molecule has 2 N–H and O–H groups in total. The Balaban J connectivity index is 1.60. The van der Waals surface area contributed by atoms with Gasteiger partial charge in [0.2, 0.25) is 5.88 Å². The van der Waals surface area contributed by atoms with Crippen LogP contribution in [0.3, 0.4) is 0 Å². The zero-order valence-corrected chi connectivity index (χ0v) is 16.7. The average Bonchev–Trinajstić information content (AvgIpc) is 3.26. The molecule has 0 saturated heterocycles. The minimum Gasteiger partial charge on any atom is -0.464 e. The Morgan fingerprint density at radius 1 is 1.04 bits per heavy atom. The van der Waals surface area contributed by atoms with Gasteiger partial charge in [-0.15, -0.1) is 5.06 Å². The van der Waals surface area contributed by atoms with E-state index < -0.39 is 0 Å². The van der Waals surface area contributed by atoms with Crippen LogP contribution in [0, 0.1) is 0 Å². The molecule has 1 aliphatic heterocycles. The second kappa shape index (κ2) is 9.81. The molecule has 1 unspecified atom stereocenters. The van der Waals surface area contributed by atoms with Crippen molar-refractivity contribution in [2.45, 2.75) is 52.0 Å². The van der Waals surface area contributed by atoms with Gasteiger partial charge in [0.15, 0.2) is 0 Å². The van der Waals surface area contributed by atoms with Gasteiger partial charge in [0, 0.05) is 23.6 Å². The van der Waals surface area contributed by atoms with Crippen LogP contribution in [-0.2, 0) is 4.84 Å². The molecular formula is C22H33N3O2. The average molecular weight is 372 g/mol. The molecule has 1 aromatic heterocycles. The lowest BCUT2D eigenvalue weighted by Crippen LogP contribution is -2.31. The van der Waals surface area contributed by atoms with Crippen LogP contribution in [0.1, 0.15) is 57.6 Å². The van der Waals surface area contributed by atoms with E-state index in [0.717, 1.165) is 36.0 Å². The first-order chi connectivity index (χ1) is 13.2. The van der Waals surface area contributed by atoms with Crippen molar-refractivity contribution in [2.24, 2.45) is 5.73 Å². The molecule has 5 heteroatoms. The molecule has 1 aliphatic rings. The molecule has 0 fully saturated rings. The molecule has 2 aromatic rings. The van der Waals surface area contributed by atoms with Gasteiger partial charge < -0.3 is 19.9 Å². The predicted octanol–water partition coefficient (Wildman–Crippen LogP) is 4.81. The van der Waals surface area contributed by atoms with Gasteiger partial charge in [-0.25, -0.2) is 0 Å². The largest absolute Gasteiger partial charge is 0.464 e. The third-order valence-corrected chi connectivity index (χ3v) is 5.19.